The van der Waals surface area contributed by atoms with Crippen molar-refractivity contribution in [3.05, 3.63) is 84.3 Å². The molecule has 0 unspecified atom stereocenters. The Morgan fingerprint density at radius 3 is 2.71 bits per heavy atom. The number of benzene rings is 2. The van der Waals surface area contributed by atoms with Crippen LogP contribution in [0.15, 0.2) is 67.3 Å². The Morgan fingerprint density at radius 1 is 1.26 bits per heavy atom. The van der Waals surface area contributed by atoms with Gasteiger partial charge in [0.2, 0.25) is 5.88 Å². The van der Waals surface area contributed by atoms with Crippen LogP contribution in [0.1, 0.15) is 36.9 Å². The summed E-state index contributed by atoms with van der Waals surface area (Å²) in [7, 11) is 0. The van der Waals surface area contributed by atoms with Gasteiger partial charge >= 0.3 is 0 Å². The van der Waals surface area contributed by atoms with E-state index < -0.39 is 6.10 Å². The summed E-state index contributed by atoms with van der Waals surface area (Å²) in [5.74, 6) is 0.793. The molecule has 1 aromatic heterocycles. The molecule has 35 heavy (non-hydrogen) atoms. The summed E-state index contributed by atoms with van der Waals surface area (Å²) < 4.78 is 27.5. The summed E-state index contributed by atoms with van der Waals surface area (Å²) in [5.41, 5.74) is 2.63. The predicted molar refractivity (Wildman–Crippen MR) is 134 cm³/mol. The molecule has 2 heterocycles. The minimum atomic E-state index is -0.472. The third-order valence-electron chi connectivity index (χ3n) is 6.21. The van der Waals surface area contributed by atoms with E-state index in [2.05, 4.69) is 11.5 Å². The Morgan fingerprint density at radius 2 is 2.03 bits per heavy atom. The van der Waals surface area contributed by atoms with E-state index in [0.29, 0.717) is 31.1 Å². The van der Waals surface area contributed by atoms with Crippen molar-refractivity contribution in [1.29, 1.82) is 0 Å². The van der Waals surface area contributed by atoms with Crippen LogP contribution < -0.4 is 4.74 Å². The Bertz CT molecular complexity index is 1080. The van der Waals surface area contributed by atoms with Gasteiger partial charge in [0.15, 0.2) is 0 Å². The van der Waals surface area contributed by atoms with Crippen molar-refractivity contribution in [2.24, 2.45) is 0 Å². The molecular formula is C28H34FN3O3. The van der Waals surface area contributed by atoms with E-state index in [1.54, 1.807) is 16.8 Å². The highest BCUT2D eigenvalue weighted by Gasteiger charge is 2.25. The second-order valence-corrected chi connectivity index (χ2v) is 9.02. The van der Waals surface area contributed by atoms with Crippen molar-refractivity contribution in [2.75, 3.05) is 19.7 Å². The molecule has 186 valence electrons. The molecule has 0 bridgehead atoms. The number of hydrogen-bond donors (Lipinski definition) is 1. The van der Waals surface area contributed by atoms with Gasteiger partial charge in [0.1, 0.15) is 11.6 Å². The number of allylic oxidation sites excluding steroid dienone is 1. The number of aliphatic hydroxyl groups excluding tert-OH is 1. The number of halogens is 1. The number of para-hydroxylation sites is 1. The van der Waals surface area contributed by atoms with Crippen LogP contribution >= 0.6 is 0 Å². The van der Waals surface area contributed by atoms with Gasteiger partial charge in [-0.25, -0.2) is 9.07 Å². The molecule has 0 spiro atoms. The van der Waals surface area contributed by atoms with E-state index in [1.165, 1.54) is 12.1 Å². The highest BCUT2D eigenvalue weighted by atomic mass is 19.1. The van der Waals surface area contributed by atoms with Crippen LogP contribution in [0.3, 0.4) is 0 Å². The Kier molecular flexibility index (Phi) is 8.69. The smallest absolute Gasteiger partial charge is 0.227 e. The summed E-state index contributed by atoms with van der Waals surface area (Å²) in [6.07, 6.45) is 5.00. The molecule has 6 nitrogen and oxygen atoms in total. The van der Waals surface area contributed by atoms with Gasteiger partial charge in [0.25, 0.3) is 0 Å². The first-order valence-corrected chi connectivity index (χ1v) is 12.2. The highest BCUT2D eigenvalue weighted by molar-refractivity contribution is 5.43. The van der Waals surface area contributed by atoms with Crippen molar-refractivity contribution >= 4 is 0 Å². The Balaban J connectivity index is 1.66. The number of hydrogen-bond acceptors (Lipinski definition) is 5. The molecule has 2 aromatic carbocycles. The average molecular weight is 480 g/mol. The fraction of sp³-hybridized carbons (Fsp3) is 0.393. The van der Waals surface area contributed by atoms with Crippen molar-refractivity contribution in [3.8, 4) is 17.3 Å². The second kappa shape index (κ2) is 12.1. The molecule has 3 aromatic rings. The van der Waals surface area contributed by atoms with Crippen molar-refractivity contribution in [2.45, 2.75) is 51.4 Å². The van der Waals surface area contributed by atoms with E-state index in [4.69, 9.17) is 14.6 Å². The van der Waals surface area contributed by atoms with E-state index in [0.717, 1.165) is 49.4 Å². The standard InChI is InChI=1S/C28H34FN3O3/c1-3-4-11-24(33)18-31(19-26-12-8-17-34-26)20-27-21(2)30-32(23-9-6-5-7-10-23)28(27)35-25-15-13-22(29)14-16-25/h3,5-7,9-10,13-16,24,26,33H,1,4,8,11-12,17-20H2,2H3/t24-,26+/m1/s1. The summed E-state index contributed by atoms with van der Waals surface area (Å²) in [5, 5.41) is 15.5. The van der Waals surface area contributed by atoms with Gasteiger partial charge in [-0.05, 0) is 69.0 Å². The molecule has 1 N–H and O–H groups in total. The zero-order chi connectivity index (χ0) is 24.6. The summed E-state index contributed by atoms with van der Waals surface area (Å²) in [6.45, 7) is 8.28. The van der Waals surface area contributed by atoms with Gasteiger partial charge in [-0.1, -0.05) is 24.3 Å². The minimum Gasteiger partial charge on any atom is -0.439 e. The van der Waals surface area contributed by atoms with Crippen LogP contribution in [0, 0.1) is 12.7 Å². The maximum Gasteiger partial charge on any atom is 0.227 e. The Labute approximate surface area is 206 Å². The zero-order valence-corrected chi connectivity index (χ0v) is 20.3. The van der Waals surface area contributed by atoms with Crippen LogP contribution in [0.4, 0.5) is 4.39 Å². The van der Waals surface area contributed by atoms with Gasteiger partial charge in [-0.15, -0.1) is 6.58 Å². The number of aryl methyl sites for hydroxylation is 1. The van der Waals surface area contributed by atoms with Crippen molar-refractivity contribution in [1.82, 2.24) is 14.7 Å². The van der Waals surface area contributed by atoms with Crippen LogP contribution in [0.25, 0.3) is 5.69 Å². The Hall–Kier alpha value is -3.00. The monoisotopic (exact) mass is 479 g/mol. The molecule has 1 aliphatic heterocycles. The fourth-order valence-electron chi connectivity index (χ4n) is 4.39. The fourth-order valence-corrected chi connectivity index (χ4v) is 4.39. The van der Waals surface area contributed by atoms with Crippen molar-refractivity contribution < 1.29 is 19.0 Å². The number of aromatic nitrogens is 2. The van der Waals surface area contributed by atoms with Gasteiger partial charge in [0.05, 0.1) is 29.2 Å². The van der Waals surface area contributed by atoms with E-state index in [-0.39, 0.29) is 11.9 Å². The first-order valence-electron chi connectivity index (χ1n) is 12.2. The third-order valence-corrected chi connectivity index (χ3v) is 6.21. The lowest BCUT2D eigenvalue weighted by Gasteiger charge is -2.27. The maximum atomic E-state index is 13.5. The molecule has 0 amide bonds. The van der Waals surface area contributed by atoms with Crippen LogP contribution in [0.5, 0.6) is 11.6 Å². The first-order chi connectivity index (χ1) is 17.0. The lowest BCUT2D eigenvalue weighted by atomic mass is 10.1. The molecule has 1 saturated heterocycles. The molecule has 0 saturated carbocycles. The summed E-state index contributed by atoms with van der Waals surface area (Å²) in [4.78, 5) is 2.22. The molecule has 4 rings (SSSR count). The molecular weight excluding hydrogens is 445 g/mol. The molecule has 1 aliphatic rings. The van der Waals surface area contributed by atoms with E-state index in [9.17, 15) is 9.50 Å². The summed E-state index contributed by atoms with van der Waals surface area (Å²) in [6, 6.07) is 15.8. The molecule has 1 fully saturated rings. The third kappa shape index (κ3) is 6.78. The SMILES string of the molecule is C=CCC[C@@H](O)CN(Cc1c(C)nn(-c2ccccc2)c1Oc1ccc(F)cc1)C[C@@H]1CCCO1. The lowest BCUT2D eigenvalue weighted by molar-refractivity contribution is 0.0442. The topological polar surface area (TPSA) is 59.8 Å². The maximum absolute atomic E-state index is 13.5. The first kappa shape index (κ1) is 25.1. The largest absolute Gasteiger partial charge is 0.439 e. The molecule has 0 aliphatic carbocycles. The van der Waals surface area contributed by atoms with Gasteiger partial charge in [0, 0.05) is 26.2 Å². The van der Waals surface area contributed by atoms with Crippen LogP contribution in [-0.2, 0) is 11.3 Å². The van der Waals surface area contributed by atoms with Gasteiger partial charge < -0.3 is 14.6 Å². The normalized spacial score (nSPS) is 16.5. The lowest BCUT2D eigenvalue weighted by Crippen LogP contribution is -2.37. The molecule has 7 heteroatoms. The minimum absolute atomic E-state index is 0.146. The summed E-state index contributed by atoms with van der Waals surface area (Å²) >= 11 is 0. The number of aliphatic hydroxyl groups is 1. The average Bonchev–Trinajstić information content (AvgIpc) is 3.48. The second-order valence-electron chi connectivity index (χ2n) is 9.02. The van der Waals surface area contributed by atoms with Crippen LogP contribution in [0.2, 0.25) is 0 Å². The predicted octanol–water partition coefficient (Wildman–Crippen LogP) is 5.42. The van der Waals surface area contributed by atoms with Gasteiger partial charge in [-0.3, -0.25) is 4.90 Å². The zero-order valence-electron chi connectivity index (χ0n) is 20.3. The number of ether oxygens (including phenoxy) is 2. The molecule has 2 atom stereocenters. The van der Waals surface area contributed by atoms with Crippen LogP contribution in [-0.4, -0.2) is 51.7 Å². The highest BCUT2D eigenvalue weighted by Crippen LogP contribution is 2.32. The van der Waals surface area contributed by atoms with Crippen molar-refractivity contribution in [3.63, 3.8) is 0 Å². The van der Waals surface area contributed by atoms with E-state index >= 15 is 0 Å². The molecule has 0 radical (unpaired) electrons. The van der Waals surface area contributed by atoms with Gasteiger partial charge in [-0.2, -0.15) is 5.10 Å². The number of rotatable bonds is 12. The van der Waals surface area contributed by atoms with E-state index in [1.807, 2.05) is 43.3 Å². The number of nitrogens with zero attached hydrogens (tertiary/aromatic N) is 3. The quantitative estimate of drug-likeness (QED) is 0.352.